The zero-order valence-corrected chi connectivity index (χ0v) is 13.0. The molecule has 1 aromatic carbocycles. The largest absolute Gasteiger partial charge is 0.363 e. The Kier molecular flexibility index (Phi) is 5.46. The Morgan fingerprint density at radius 2 is 2.17 bits per heavy atom. The third-order valence-corrected chi connectivity index (χ3v) is 3.47. The van der Waals surface area contributed by atoms with Crippen molar-refractivity contribution in [3.63, 3.8) is 0 Å². The highest BCUT2D eigenvalue weighted by atomic mass is 19.1. The summed E-state index contributed by atoms with van der Waals surface area (Å²) in [5, 5.41) is 6.12. The smallest absolute Gasteiger partial charge is 0.254 e. The van der Waals surface area contributed by atoms with Gasteiger partial charge in [-0.15, -0.1) is 0 Å². The molecule has 0 aliphatic rings. The van der Waals surface area contributed by atoms with Crippen LogP contribution in [-0.4, -0.2) is 34.5 Å². The van der Waals surface area contributed by atoms with Crippen molar-refractivity contribution in [2.45, 2.75) is 26.3 Å². The summed E-state index contributed by atoms with van der Waals surface area (Å²) in [6, 6.07) is 6.74. The molecular weight excluding hydrogens is 301 g/mol. The predicted molar refractivity (Wildman–Crippen MR) is 82.3 cm³/mol. The Labute approximate surface area is 133 Å². The molecule has 122 valence electrons. The highest BCUT2D eigenvalue weighted by molar-refractivity contribution is 5.99. The van der Waals surface area contributed by atoms with E-state index in [1.807, 2.05) is 13.8 Å². The first-order chi connectivity index (χ1) is 11.0. The van der Waals surface area contributed by atoms with E-state index in [0.717, 1.165) is 6.07 Å². The van der Waals surface area contributed by atoms with Crippen LogP contribution in [-0.2, 0) is 4.79 Å². The molecule has 2 amide bonds. The Hall–Kier alpha value is -2.70. The van der Waals surface area contributed by atoms with Crippen LogP contribution >= 0.6 is 0 Å². The molecule has 2 aromatic rings. The molecule has 0 radical (unpaired) electrons. The number of amides is 2. The summed E-state index contributed by atoms with van der Waals surface area (Å²) in [5.74, 6) is -1.01. The van der Waals surface area contributed by atoms with Crippen molar-refractivity contribution in [3.05, 3.63) is 48.0 Å². The number of hydrogen-bond donors (Lipinski definition) is 1. The fourth-order valence-electron chi connectivity index (χ4n) is 2.05. The van der Waals surface area contributed by atoms with E-state index in [1.54, 1.807) is 0 Å². The van der Waals surface area contributed by atoms with Crippen LogP contribution in [0.2, 0.25) is 0 Å². The zero-order chi connectivity index (χ0) is 16.8. The maximum atomic E-state index is 13.3. The molecule has 1 heterocycles. The monoisotopic (exact) mass is 319 g/mol. The van der Waals surface area contributed by atoms with Crippen molar-refractivity contribution in [1.82, 2.24) is 10.1 Å². The van der Waals surface area contributed by atoms with Gasteiger partial charge in [0.15, 0.2) is 5.82 Å². The topological polar surface area (TPSA) is 75.4 Å². The van der Waals surface area contributed by atoms with Crippen LogP contribution < -0.4 is 5.32 Å². The standard InChI is InChI=1S/C16H18FN3O3/c1-3-11(2)20(10-15(21)18-14-7-8-23-19-14)16(22)12-5-4-6-13(17)9-12/h4-9,11H,3,10H2,1-2H3,(H,18,19,21)/t11-/m0/s1. The number of halogens is 1. The molecule has 0 aliphatic carbocycles. The minimum atomic E-state index is -0.494. The van der Waals surface area contributed by atoms with Gasteiger partial charge in [0.05, 0.1) is 0 Å². The number of nitrogens with zero attached hydrogens (tertiary/aromatic N) is 2. The fourth-order valence-corrected chi connectivity index (χ4v) is 2.05. The van der Waals surface area contributed by atoms with Gasteiger partial charge in [0.25, 0.3) is 5.91 Å². The van der Waals surface area contributed by atoms with Gasteiger partial charge in [-0.1, -0.05) is 18.1 Å². The molecule has 1 atom stereocenters. The number of anilines is 1. The van der Waals surface area contributed by atoms with Gasteiger partial charge < -0.3 is 14.7 Å². The summed E-state index contributed by atoms with van der Waals surface area (Å²) >= 11 is 0. The van der Waals surface area contributed by atoms with Gasteiger partial charge in [0.1, 0.15) is 18.6 Å². The van der Waals surface area contributed by atoms with E-state index in [4.69, 9.17) is 0 Å². The van der Waals surface area contributed by atoms with Crippen molar-refractivity contribution in [2.75, 3.05) is 11.9 Å². The van der Waals surface area contributed by atoms with Gasteiger partial charge >= 0.3 is 0 Å². The molecule has 1 N–H and O–H groups in total. The normalized spacial score (nSPS) is 11.8. The van der Waals surface area contributed by atoms with Crippen molar-refractivity contribution in [1.29, 1.82) is 0 Å². The van der Waals surface area contributed by atoms with Crippen LogP contribution in [0.15, 0.2) is 41.1 Å². The summed E-state index contributed by atoms with van der Waals surface area (Å²) in [6.07, 6.45) is 2.00. The summed E-state index contributed by atoms with van der Waals surface area (Å²) in [7, 11) is 0. The number of nitrogens with one attached hydrogen (secondary N) is 1. The van der Waals surface area contributed by atoms with E-state index in [-0.39, 0.29) is 24.0 Å². The molecule has 1 aromatic heterocycles. The molecule has 0 fully saturated rings. The molecule has 0 bridgehead atoms. The van der Waals surface area contributed by atoms with Crippen molar-refractivity contribution in [2.24, 2.45) is 0 Å². The maximum absolute atomic E-state index is 13.3. The molecule has 7 heteroatoms. The Morgan fingerprint density at radius 1 is 1.39 bits per heavy atom. The lowest BCUT2D eigenvalue weighted by Crippen LogP contribution is -2.43. The predicted octanol–water partition coefficient (Wildman–Crippen LogP) is 2.69. The van der Waals surface area contributed by atoms with Gasteiger partial charge in [-0.2, -0.15) is 0 Å². The van der Waals surface area contributed by atoms with Gasteiger partial charge in [0.2, 0.25) is 5.91 Å². The molecule has 6 nitrogen and oxygen atoms in total. The minimum absolute atomic E-state index is 0.156. The van der Waals surface area contributed by atoms with Crippen molar-refractivity contribution in [3.8, 4) is 0 Å². The van der Waals surface area contributed by atoms with Crippen LogP contribution in [0, 0.1) is 5.82 Å². The molecule has 0 saturated heterocycles. The van der Waals surface area contributed by atoms with E-state index < -0.39 is 17.6 Å². The lowest BCUT2D eigenvalue weighted by atomic mass is 10.1. The summed E-state index contributed by atoms with van der Waals surface area (Å²) in [6.45, 7) is 3.59. The average molecular weight is 319 g/mol. The SMILES string of the molecule is CC[C@H](C)N(CC(=O)Nc1ccon1)C(=O)c1cccc(F)c1. The maximum Gasteiger partial charge on any atom is 0.254 e. The first-order valence-electron chi connectivity index (χ1n) is 7.28. The second-order valence-electron chi connectivity index (χ2n) is 5.13. The summed E-state index contributed by atoms with van der Waals surface area (Å²) in [5.41, 5.74) is 0.208. The molecule has 0 saturated carbocycles. The van der Waals surface area contributed by atoms with Crippen molar-refractivity contribution >= 4 is 17.6 Å². The second kappa shape index (κ2) is 7.53. The fraction of sp³-hybridized carbons (Fsp3) is 0.312. The zero-order valence-electron chi connectivity index (χ0n) is 13.0. The lowest BCUT2D eigenvalue weighted by Gasteiger charge is -2.28. The first-order valence-corrected chi connectivity index (χ1v) is 7.28. The van der Waals surface area contributed by atoms with Gasteiger partial charge in [0, 0.05) is 17.7 Å². The quantitative estimate of drug-likeness (QED) is 0.888. The van der Waals surface area contributed by atoms with Crippen molar-refractivity contribution < 1.29 is 18.5 Å². The van der Waals surface area contributed by atoms with Gasteiger partial charge in [-0.05, 0) is 31.5 Å². The van der Waals surface area contributed by atoms with Crippen LogP contribution in [0.1, 0.15) is 30.6 Å². The van der Waals surface area contributed by atoms with E-state index in [9.17, 15) is 14.0 Å². The molecule has 0 spiro atoms. The Bertz CT molecular complexity index is 673. The number of benzene rings is 1. The number of carbonyl (C=O) groups excluding carboxylic acids is 2. The third-order valence-electron chi connectivity index (χ3n) is 3.47. The van der Waals surface area contributed by atoms with E-state index in [1.165, 1.54) is 35.4 Å². The highest BCUT2D eigenvalue weighted by Crippen LogP contribution is 2.13. The first kappa shape index (κ1) is 16.7. The van der Waals surface area contributed by atoms with Crippen LogP contribution in [0.5, 0.6) is 0 Å². The molecular formula is C16H18FN3O3. The van der Waals surface area contributed by atoms with E-state index in [2.05, 4.69) is 15.0 Å². The number of rotatable bonds is 6. The highest BCUT2D eigenvalue weighted by Gasteiger charge is 2.23. The van der Waals surface area contributed by atoms with Gasteiger partial charge in [-0.25, -0.2) is 4.39 Å². The van der Waals surface area contributed by atoms with Crippen LogP contribution in [0.4, 0.5) is 10.2 Å². The number of hydrogen-bond acceptors (Lipinski definition) is 4. The van der Waals surface area contributed by atoms with Gasteiger partial charge in [-0.3, -0.25) is 9.59 Å². The lowest BCUT2D eigenvalue weighted by molar-refractivity contribution is -0.117. The summed E-state index contributed by atoms with van der Waals surface area (Å²) in [4.78, 5) is 26.1. The average Bonchev–Trinajstić information content (AvgIpc) is 3.04. The molecule has 0 unspecified atom stereocenters. The van der Waals surface area contributed by atoms with E-state index >= 15 is 0 Å². The van der Waals surface area contributed by atoms with E-state index in [0.29, 0.717) is 6.42 Å². The Balaban J connectivity index is 2.13. The van der Waals surface area contributed by atoms with Crippen LogP contribution in [0.3, 0.4) is 0 Å². The third kappa shape index (κ3) is 4.38. The number of carbonyl (C=O) groups is 2. The summed E-state index contributed by atoms with van der Waals surface area (Å²) < 4.78 is 18.0. The van der Waals surface area contributed by atoms with Crippen LogP contribution in [0.25, 0.3) is 0 Å². The molecule has 0 aliphatic heterocycles. The second-order valence-corrected chi connectivity index (χ2v) is 5.13. The minimum Gasteiger partial charge on any atom is -0.363 e. The Morgan fingerprint density at radius 3 is 2.78 bits per heavy atom. The number of aromatic nitrogens is 1. The molecule has 2 rings (SSSR count). The molecule has 23 heavy (non-hydrogen) atoms.